The van der Waals surface area contributed by atoms with Gasteiger partial charge in [0.2, 0.25) is 6.10 Å². The molecule has 3 rings (SSSR count). The zero-order valence-corrected chi connectivity index (χ0v) is 13.6. The van der Waals surface area contributed by atoms with E-state index in [0.29, 0.717) is 6.61 Å². The summed E-state index contributed by atoms with van der Waals surface area (Å²) in [5.41, 5.74) is 0.673. The average Bonchev–Trinajstić information content (AvgIpc) is 3.18. The Hall–Kier alpha value is -1.36. The molecule has 0 spiro atoms. The highest BCUT2D eigenvalue weighted by molar-refractivity contribution is 9.10. The summed E-state index contributed by atoms with van der Waals surface area (Å²) in [5, 5.41) is 0. The van der Waals surface area contributed by atoms with Crippen molar-refractivity contribution < 1.29 is 19.1 Å². The van der Waals surface area contributed by atoms with E-state index in [2.05, 4.69) is 15.9 Å². The second kappa shape index (κ2) is 5.13. The molecule has 1 saturated heterocycles. The number of ether oxygens (including phenoxy) is 2. The average molecular weight is 353 g/mol. The lowest BCUT2D eigenvalue weighted by molar-refractivity contribution is -0.164. The molecular weight excluding hydrogens is 336 g/mol. The number of hydrogen-bond donors (Lipinski definition) is 0. The molecule has 112 valence electrons. The van der Waals surface area contributed by atoms with Gasteiger partial charge in [-0.3, -0.25) is 4.79 Å². The van der Waals surface area contributed by atoms with Gasteiger partial charge in [0.25, 0.3) is 0 Å². The summed E-state index contributed by atoms with van der Waals surface area (Å²) in [6.07, 6.45) is -0.00828. The summed E-state index contributed by atoms with van der Waals surface area (Å²) < 4.78 is 11.4. The smallest absolute Gasteiger partial charge is 0.348 e. The first-order valence-corrected chi connectivity index (χ1v) is 7.80. The molecule has 5 heteroatoms. The highest BCUT2D eigenvalue weighted by Gasteiger charge is 2.51. The fourth-order valence-corrected chi connectivity index (χ4v) is 3.12. The molecule has 1 heterocycles. The molecule has 0 amide bonds. The van der Waals surface area contributed by atoms with E-state index in [-0.39, 0.29) is 17.8 Å². The van der Waals surface area contributed by atoms with Gasteiger partial charge in [0.15, 0.2) is 0 Å². The number of hydrogen-bond acceptors (Lipinski definition) is 4. The third kappa shape index (κ3) is 2.84. The maximum atomic E-state index is 12.2. The van der Waals surface area contributed by atoms with Crippen LogP contribution in [0.3, 0.4) is 0 Å². The molecular formula is C16H17BrO4. The number of carbonyl (C=O) groups excluding carboxylic acids is 2. The number of halogens is 1. The Kier molecular flexibility index (Phi) is 3.56. The zero-order chi connectivity index (χ0) is 15.2. The van der Waals surface area contributed by atoms with Crippen molar-refractivity contribution in [1.29, 1.82) is 0 Å². The molecule has 2 unspecified atom stereocenters. The van der Waals surface area contributed by atoms with Crippen LogP contribution in [0.1, 0.15) is 31.7 Å². The van der Waals surface area contributed by atoms with Gasteiger partial charge in [-0.1, -0.05) is 41.9 Å². The third-order valence-electron chi connectivity index (χ3n) is 4.11. The van der Waals surface area contributed by atoms with Crippen molar-refractivity contribution in [1.82, 2.24) is 0 Å². The van der Waals surface area contributed by atoms with E-state index in [1.165, 1.54) is 0 Å². The molecule has 1 aromatic rings. The molecule has 0 N–H and O–H groups in total. The van der Waals surface area contributed by atoms with Crippen molar-refractivity contribution >= 4 is 27.9 Å². The Labute approximate surface area is 131 Å². The Morgan fingerprint density at radius 1 is 1.43 bits per heavy atom. The van der Waals surface area contributed by atoms with Gasteiger partial charge in [-0.2, -0.15) is 0 Å². The van der Waals surface area contributed by atoms with Crippen LogP contribution in [-0.2, 0) is 19.1 Å². The van der Waals surface area contributed by atoms with Crippen LogP contribution in [0, 0.1) is 11.3 Å². The molecule has 0 aromatic heterocycles. The second-order valence-electron chi connectivity index (χ2n) is 6.42. The molecule has 1 saturated carbocycles. The van der Waals surface area contributed by atoms with Crippen LogP contribution in [0.15, 0.2) is 28.7 Å². The van der Waals surface area contributed by atoms with Crippen molar-refractivity contribution in [2.45, 2.75) is 32.3 Å². The predicted octanol–water partition coefficient (Wildman–Crippen LogP) is 3.05. The fraction of sp³-hybridized carbons (Fsp3) is 0.500. The van der Waals surface area contributed by atoms with Crippen LogP contribution in [0.25, 0.3) is 0 Å². The van der Waals surface area contributed by atoms with Gasteiger partial charge >= 0.3 is 11.9 Å². The third-order valence-corrected chi connectivity index (χ3v) is 4.61. The Balaban J connectivity index is 1.64. The number of benzene rings is 1. The molecule has 1 aliphatic heterocycles. The summed E-state index contributed by atoms with van der Waals surface area (Å²) in [7, 11) is 0. The van der Waals surface area contributed by atoms with E-state index < -0.39 is 17.5 Å². The van der Waals surface area contributed by atoms with E-state index >= 15 is 0 Å². The molecule has 2 fully saturated rings. The quantitative estimate of drug-likeness (QED) is 0.784. The molecule has 4 nitrogen and oxygen atoms in total. The largest absolute Gasteiger partial charge is 0.462 e. The number of rotatable bonds is 3. The minimum Gasteiger partial charge on any atom is -0.462 e. The van der Waals surface area contributed by atoms with Crippen LogP contribution in [0.5, 0.6) is 0 Å². The van der Waals surface area contributed by atoms with Crippen LogP contribution in [0.2, 0.25) is 0 Å². The van der Waals surface area contributed by atoms with Gasteiger partial charge in [0, 0.05) is 9.89 Å². The minimum atomic E-state index is -0.784. The van der Waals surface area contributed by atoms with Gasteiger partial charge in [0.1, 0.15) is 6.61 Å². The van der Waals surface area contributed by atoms with Crippen LogP contribution in [0.4, 0.5) is 0 Å². The van der Waals surface area contributed by atoms with E-state index in [1.54, 1.807) is 0 Å². The van der Waals surface area contributed by atoms with Crippen molar-refractivity contribution in [3.8, 4) is 0 Å². The Bertz CT molecular complexity index is 596. The number of carbonyl (C=O) groups is 2. The number of esters is 2. The van der Waals surface area contributed by atoms with Crippen molar-refractivity contribution in [3.63, 3.8) is 0 Å². The lowest BCUT2D eigenvalue weighted by Crippen LogP contribution is -2.35. The molecule has 21 heavy (non-hydrogen) atoms. The first-order chi connectivity index (χ1) is 9.88. The summed E-state index contributed by atoms with van der Waals surface area (Å²) in [4.78, 5) is 23.9. The highest BCUT2D eigenvalue weighted by Crippen LogP contribution is 2.49. The maximum absolute atomic E-state index is 12.2. The van der Waals surface area contributed by atoms with E-state index in [4.69, 9.17) is 9.47 Å². The van der Waals surface area contributed by atoms with Gasteiger partial charge < -0.3 is 9.47 Å². The first-order valence-electron chi connectivity index (χ1n) is 7.01. The van der Waals surface area contributed by atoms with Crippen molar-refractivity contribution in [2.75, 3.05) is 6.61 Å². The Morgan fingerprint density at radius 2 is 2.19 bits per heavy atom. The van der Waals surface area contributed by atoms with Crippen LogP contribution < -0.4 is 0 Å². The monoisotopic (exact) mass is 352 g/mol. The standard InChI is InChI=1S/C16H17BrO4/c1-16(2)8-20-15(19)13(16)21-14(18)12-7-11(12)9-4-3-5-10(17)6-9/h3-6,11-13H,7-8H2,1-2H3/t11?,12?,13-/m0/s1. The van der Waals surface area contributed by atoms with Crippen molar-refractivity contribution in [2.24, 2.45) is 11.3 Å². The number of cyclic esters (lactones) is 1. The maximum Gasteiger partial charge on any atom is 0.348 e. The molecule has 1 aromatic carbocycles. The normalized spacial score (nSPS) is 29.9. The van der Waals surface area contributed by atoms with Crippen LogP contribution >= 0.6 is 15.9 Å². The van der Waals surface area contributed by atoms with Gasteiger partial charge in [0.05, 0.1) is 5.92 Å². The summed E-state index contributed by atoms with van der Waals surface area (Å²) in [6, 6.07) is 7.94. The Morgan fingerprint density at radius 3 is 2.81 bits per heavy atom. The zero-order valence-electron chi connectivity index (χ0n) is 12.0. The second-order valence-corrected chi connectivity index (χ2v) is 7.33. The van der Waals surface area contributed by atoms with Crippen molar-refractivity contribution in [3.05, 3.63) is 34.3 Å². The predicted molar refractivity (Wildman–Crippen MR) is 79.6 cm³/mol. The van der Waals surface area contributed by atoms with Gasteiger partial charge in [-0.15, -0.1) is 0 Å². The summed E-state index contributed by atoms with van der Waals surface area (Å²) >= 11 is 3.43. The van der Waals surface area contributed by atoms with E-state index in [0.717, 1.165) is 16.5 Å². The highest BCUT2D eigenvalue weighted by atomic mass is 79.9. The lowest BCUT2D eigenvalue weighted by atomic mass is 9.90. The SMILES string of the molecule is CC1(C)COC(=O)[C@@H]1OC(=O)C1CC1c1cccc(Br)c1. The molecule has 0 radical (unpaired) electrons. The topological polar surface area (TPSA) is 52.6 Å². The van der Waals surface area contributed by atoms with Gasteiger partial charge in [-0.05, 0) is 30.0 Å². The molecule has 1 aliphatic carbocycles. The minimum absolute atomic E-state index is 0.150. The van der Waals surface area contributed by atoms with Crippen LogP contribution in [-0.4, -0.2) is 24.6 Å². The molecule has 3 atom stereocenters. The fourth-order valence-electron chi connectivity index (χ4n) is 2.70. The van der Waals surface area contributed by atoms with Gasteiger partial charge in [-0.25, -0.2) is 4.79 Å². The molecule has 0 bridgehead atoms. The van der Waals surface area contributed by atoms with E-state index in [9.17, 15) is 9.59 Å². The lowest BCUT2D eigenvalue weighted by Gasteiger charge is -2.21. The summed E-state index contributed by atoms with van der Waals surface area (Å²) in [5.74, 6) is -0.691. The van der Waals surface area contributed by atoms with E-state index in [1.807, 2.05) is 38.1 Å². The molecule has 2 aliphatic rings. The first kappa shape index (κ1) is 14.6. The summed E-state index contributed by atoms with van der Waals surface area (Å²) in [6.45, 7) is 4.03.